The van der Waals surface area contributed by atoms with E-state index in [9.17, 15) is 9.59 Å². The number of carbonyl (C=O) groups excluding carboxylic acids is 2. The first kappa shape index (κ1) is 17.7. The Morgan fingerprint density at radius 1 is 1.21 bits per heavy atom. The van der Waals surface area contributed by atoms with Gasteiger partial charge in [-0.25, -0.2) is 10.2 Å². The fourth-order valence-corrected chi connectivity index (χ4v) is 2.72. The van der Waals surface area contributed by atoms with Crippen LogP contribution < -0.4 is 15.6 Å². The summed E-state index contributed by atoms with van der Waals surface area (Å²) in [5, 5.41) is 0.781. The number of hydrazine groups is 1. The monoisotopic (exact) mass is 333 g/mol. The van der Waals surface area contributed by atoms with Crippen LogP contribution in [0, 0.1) is 6.92 Å². The van der Waals surface area contributed by atoms with Crippen LogP contribution in [0.2, 0.25) is 0 Å². The van der Waals surface area contributed by atoms with E-state index in [0.29, 0.717) is 11.3 Å². The second-order valence-electron chi connectivity index (χ2n) is 5.29. The van der Waals surface area contributed by atoms with Crippen molar-refractivity contribution in [3.63, 3.8) is 0 Å². The van der Waals surface area contributed by atoms with Crippen molar-refractivity contribution in [2.45, 2.75) is 33.7 Å². The molecule has 0 radical (unpaired) electrons. The summed E-state index contributed by atoms with van der Waals surface area (Å²) < 4.78 is 12.1. The van der Waals surface area contributed by atoms with E-state index in [-0.39, 0.29) is 6.61 Å². The van der Waals surface area contributed by atoms with Gasteiger partial charge in [0.2, 0.25) is 0 Å². The molecule has 0 bridgehead atoms. The number of carbonyl (C=O) groups is 2. The van der Waals surface area contributed by atoms with Crippen molar-refractivity contribution in [2.24, 2.45) is 0 Å². The highest BCUT2D eigenvalue weighted by Gasteiger charge is 2.20. The van der Waals surface area contributed by atoms with Crippen LogP contribution in [0.1, 0.15) is 36.3 Å². The maximum atomic E-state index is 12.6. The van der Waals surface area contributed by atoms with E-state index in [0.717, 1.165) is 29.6 Å². The number of aromatic nitrogens is 1. The minimum atomic E-state index is -0.696. The number of methoxy groups -OCH3 is 1. The standard InChI is InChI=1S/C17H23N3O4/c1-5-9-20-11(3)15(16(21)18-19-17(22)24-6-2)13-10-12(23-4)7-8-14(13)20/h7-8,10H,5-6,9H2,1-4H3,(H,18,21)(H,19,22). The zero-order chi connectivity index (χ0) is 17.7. The minimum absolute atomic E-state index is 0.230. The number of aryl methyl sites for hydroxylation is 1. The zero-order valence-corrected chi connectivity index (χ0v) is 14.4. The largest absolute Gasteiger partial charge is 0.497 e. The van der Waals surface area contributed by atoms with Gasteiger partial charge in [0.05, 0.1) is 19.3 Å². The molecule has 0 aliphatic rings. The predicted octanol–water partition coefficient (Wildman–Crippen LogP) is 2.76. The molecule has 0 aliphatic heterocycles. The van der Waals surface area contributed by atoms with Gasteiger partial charge in [-0.15, -0.1) is 0 Å². The van der Waals surface area contributed by atoms with Crippen molar-refractivity contribution in [3.8, 4) is 5.75 Å². The molecule has 0 aliphatic carbocycles. The SMILES string of the molecule is CCCn1c(C)c(C(=O)NNC(=O)OCC)c2cc(OC)ccc21. The second kappa shape index (κ2) is 7.72. The highest BCUT2D eigenvalue weighted by atomic mass is 16.6. The molecule has 7 heteroatoms. The smallest absolute Gasteiger partial charge is 0.426 e. The van der Waals surface area contributed by atoms with Gasteiger partial charge in [0, 0.05) is 23.1 Å². The third-order valence-corrected chi connectivity index (χ3v) is 3.76. The number of fused-ring (bicyclic) bond motifs is 1. The number of amides is 2. The van der Waals surface area contributed by atoms with Crippen molar-refractivity contribution >= 4 is 22.9 Å². The van der Waals surface area contributed by atoms with E-state index >= 15 is 0 Å². The van der Waals surface area contributed by atoms with Gasteiger partial charge in [0.25, 0.3) is 5.91 Å². The highest BCUT2D eigenvalue weighted by Crippen LogP contribution is 2.29. The molecule has 0 unspecified atom stereocenters. The first-order valence-electron chi connectivity index (χ1n) is 7.93. The second-order valence-corrected chi connectivity index (χ2v) is 5.29. The van der Waals surface area contributed by atoms with Crippen LogP contribution in [0.15, 0.2) is 18.2 Å². The highest BCUT2D eigenvalue weighted by molar-refractivity contribution is 6.09. The maximum absolute atomic E-state index is 12.6. The van der Waals surface area contributed by atoms with Crippen LogP contribution in [-0.4, -0.2) is 30.3 Å². The number of ether oxygens (including phenoxy) is 2. The molecule has 1 aromatic heterocycles. The summed E-state index contributed by atoms with van der Waals surface area (Å²) in [5.41, 5.74) is 6.93. The molecule has 0 saturated heterocycles. The van der Waals surface area contributed by atoms with Crippen LogP contribution >= 0.6 is 0 Å². The van der Waals surface area contributed by atoms with Gasteiger partial charge >= 0.3 is 6.09 Å². The molecule has 0 atom stereocenters. The summed E-state index contributed by atoms with van der Waals surface area (Å²) in [6.07, 6.45) is 0.247. The topological polar surface area (TPSA) is 81.6 Å². The Kier molecular flexibility index (Phi) is 5.68. The fourth-order valence-electron chi connectivity index (χ4n) is 2.72. The van der Waals surface area contributed by atoms with Crippen LogP contribution in [-0.2, 0) is 11.3 Å². The van der Waals surface area contributed by atoms with E-state index in [1.165, 1.54) is 0 Å². The average Bonchev–Trinajstić information content (AvgIpc) is 2.84. The summed E-state index contributed by atoms with van der Waals surface area (Å²) >= 11 is 0. The van der Waals surface area contributed by atoms with Gasteiger partial charge in [-0.2, -0.15) is 0 Å². The lowest BCUT2D eigenvalue weighted by atomic mass is 10.1. The third kappa shape index (κ3) is 3.45. The normalized spacial score (nSPS) is 10.5. The fraction of sp³-hybridized carbons (Fsp3) is 0.412. The van der Waals surface area contributed by atoms with Crippen molar-refractivity contribution < 1.29 is 19.1 Å². The van der Waals surface area contributed by atoms with Crippen LogP contribution in [0.25, 0.3) is 10.9 Å². The molecular formula is C17H23N3O4. The van der Waals surface area contributed by atoms with Crippen LogP contribution in [0.4, 0.5) is 4.79 Å². The molecule has 0 saturated carbocycles. The quantitative estimate of drug-likeness (QED) is 0.824. The van der Waals surface area contributed by atoms with Crippen molar-refractivity contribution in [3.05, 3.63) is 29.5 Å². The van der Waals surface area contributed by atoms with Crippen molar-refractivity contribution in [2.75, 3.05) is 13.7 Å². The molecule has 0 spiro atoms. The van der Waals surface area contributed by atoms with Crippen molar-refractivity contribution in [1.29, 1.82) is 0 Å². The molecule has 2 rings (SSSR count). The third-order valence-electron chi connectivity index (χ3n) is 3.76. The first-order chi connectivity index (χ1) is 11.5. The molecule has 1 heterocycles. The molecule has 2 amide bonds. The van der Waals surface area contributed by atoms with Gasteiger partial charge in [0.15, 0.2) is 0 Å². The van der Waals surface area contributed by atoms with E-state index < -0.39 is 12.0 Å². The minimum Gasteiger partial charge on any atom is -0.497 e. The lowest BCUT2D eigenvalue weighted by molar-refractivity contribution is 0.0913. The molecule has 7 nitrogen and oxygen atoms in total. The van der Waals surface area contributed by atoms with Gasteiger partial charge < -0.3 is 14.0 Å². The molecule has 0 fully saturated rings. The summed E-state index contributed by atoms with van der Waals surface area (Å²) in [6.45, 7) is 6.69. The average molecular weight is 333 g/mol. The maximum Gasteiger partial charge on any atom is 0.426 e. The molecule has 130 valence electrons. The summed E-state index contributed by atoms with van der Waals surface area (Å²) in [5.74, 6) is 0.275. The van der Waals surface area contributed by atoms with E-state index in [4.69, 9.17) is 9.47 Å². The van der Waals surface area contributed by atoms with Crippen LogP contribution in [0.3, 0.4) is 0 Å². The number of hydrogen-bond acceptors (Lipinski definition) is 4. The molecular weight excluding hydrogens is 310 g/mol. The molecule has 2 aromatic rings. The first-order valence-corrected chi connectivity index (χ1v) is 7.93. The van der Waals surface area contributed by atoms with E-state index in [1.54, 1.807) is 14.0 Å². The Balaban J connectivity index is 2.41. The summed E-state index contributed by atoms with van der Waals surface area (Å²) in [4.78, 5) is 23.9. The molecule has 2 N–H and O–H groups in total. The van der Waals surface area contributed by atoms with E-state index in [1.807, 2.05) is 25.1 Å². The van der Waals surface area contributed by atoms with Crippen LogP contribution in [0.5, 0.6) is 5.75 Å². The number of nitrogens with zero attached hydrogens (tertiary/aromatic N) is 1. The van der Waals surface area contributed by atoms with Crippen molar-refractivity contribution in [1.82, 2.24) is 15.4 Å². The van der Waals surface area contributed by atoms with Gasteiger partial charge in [-0.1, -0.05) is 6.92 Å². The van der Waals surface area contributed by atoms with E-state index in [2.05, 4.69) is 22.3 Å². The summed E-state index contributed by atoms with van der Waals surface area (Å²) in [6, 6.07) is 5.63. The summed E-state index contributed by atoms with van der Waals surface area (Å²) in [7, 11) is 1.58. The number of hydrogen-bond donors (Lipinski definition) is 2. The predicted molar refractivity (Wildman–Crippen MR) is 91.1 cm³/mol. The van der Waals surface area contributed by atoms with Gasteiger partial charge in [-0.3, -0.25) is 10.2 Å². The lowest BCUT2D eigenvalue weighted by Crippen LogP contribution is -2.42. The molecule has 24 heavy (non-hydrogen) atoms. The lowest BCUT2D eigenvalue weighted by Gasteiger charge is -2.08. The molecule has 1 aromatic carbocycles. The Morgan fingerprint density at radius 3 is 2.58 bits per heavy atom. The Morgan fingerprint density at radius 2 is 1.96 bits per heavy atom. The Bertz CT molecular complexity index is 752. The number of benzene rings is 1. The van der Waals surface area contributed by atoms with Gasteiger partial charge in [-0.05, 0) is 38.5 Å². The Hall–Kier alpha value is -2.70. The Labute approximate surface area is 140 Å². The number of rotatable bonds is 5. The van der Waals surface area contributed by atoms with Gasteiger partial charge in [0.1, 0.15) is 5.75 Å². The zero-order valence-electron chi connectivity index (χ0n) is 14.4. The number of nitrogens with one attached hydrogen (secondary N) is 2.